The van der Waals surface area contributed by atoms with Gasteiger partial charge in [0.05, 0.1) is 26.4 Å². The third kappa shape index (κ3) is 3.46. The molecular weight excluding hydrogens is 410 g/mol. The first-order valence-corrected chi connectivity index (χ1v) is 10.5. The quantitative estimate of drug-likeness (QED) is 0.523. The van der Waals surface area contributed by atoms with Crippen LogP contribution >= 0.6 is 0 Å². The summed E-state index contributed by atoms with van der Waals surface area (Å²) in [6.45, 7) is 6.17. The van der Waals surface area contributed by atoms with Gasteiger partial charge in [0.25, 0.3) is 5.91 Å². The van der Waals surface area contributed by atoms with Crippen molar-refractivity contribution < 1.29 is 24.5 Å². The van der Waals surface area contributed by atoms with Crippen LogP contribution in [0.15, 0.2) is 30.3 Å². The van der Waals surface area contributed by atoms with Crippen LogP contribution in [-0.2, 0) is 0 Å². The van der Waals surface area contributed by atoms with E-state index in [1.807, 2.05) is 45.0 Å². The minimum absolute atomic E-state index is 0.105. The number of rotatable bonds is 7. The SMILES string of the molecule is CCOc1ccc(C2c3c(-c4c(C)cc(C)cc4O)n[nH]c3C(=O)N2CCO)cc1OC. The van der Waals surface area contributed by atoms with E-state index in [0.29, 0.717) is 40.6 Å². The predicted molar refractivity (Wildman–Crippen MR) is 119 cm³/mol. The number of carbonyl (C=O) groups is 1. The lowest BCUT2D eigenvalue weighted by atomic mass is 9.93. The van der Waals surface area contributed by atoms with Gasteiger partial charge in [0.15, 0.2) is 11.5 Å². The summed E-state index contributed by atoms with van der Waals surface area (Å²) in [6, 6.07) is 8.66. The van der Waals surface area contributed by atoms with E-state index in [9.17, 15) is 15.0 Å². The van der Waals surface area contributed by atoms with E-state index < -0.39 is 6.04 Å². The van der Waals surface area contributed by atoms with Crippen molar-refractivity contribution in [2.75, 3.05) is 26.9 Å². The van der Waals surface area contributed by atoms with E-state index in [-0.39, 0.29) is 24.8 Å². The summed E-state index contributed by atoms with van der Waals surface area (Å²) in [7, 11) is 1.56. The number of hydrogen-bond acceptors (Lipinski definition) is 6. The number of benzene rings is 2. The highest BCUT2D eigenvalue weighted by Crippen LogP contribution is 2.46. The van der Waals surface area contributed by atoms with Gasteiger partial charge in [0.2, 0.25) is 0 Å². The third-order valence-corrected chi connectivity index (χ3v) is 5.70. The lowest BCUT2D eigenvalue weighted by Crippen LogP contribution is -2.32. The number of aryl methyl sites for hydroxylation is 2. The highest BCUT2D eigenvalue weighted by Gasteiger charge is 2.42. The van der Waals surface area contributed by atoms with Crippen molar-refractivity contribution >= 4 is 5.91 Å². The number of aromatic nitrogens is 2. The molecular formula is C24H27N3O5. The number of carbonyl (C=O) groups excluding carboxylic acids is 1. The van der Waals surface area contributed by atoms with Crippen LogP contribution in [0.3, 0.4) is 0 Å². The van der Waals surface area contributed by atoms with E-state index in [1.54, 1.807) is 18.1 Å². The Bertz CT molecular complexity index is 1150. The lowest BCUT2D eigenvalue weighted by Gasteiger charge is -2.26. The summed E-state index contributed by atoms with van der Waals surface area (Å²) < 4.78 is 11.1. The zero-order chi connectivity index (χ0) is 23.0. The molecule has 2 heterocycles. The molecule has 168 valence electrons. The number of fused-ring (bicyclic) bond motifs is 1. The Hall–Kier alpha value is -3.52. The molecule has 3 aromatic rings. The minimum atomic E-state index is -0.511. The fourth-order valence-corrected chi connectivity index (χ4v) is 4.45. The number of phenolic OH excluding ortho intramolecular Hbond substituents is 1. The van der Waals surface area contributed by atoms with Gasteiger partial charge in [-0.25, -0.2) is 0 Å². The monoisotopic (exact) mass is 437 g/mol. The van der Waals surface area contributed by atoms with Crippen LogP contribution in [0.2, 0.25) is 0 Å². The Labute approximate surface area is 186 Å². The summed E-state index contributed by atoms with van der Waals surface area (Å²) in [6.07, 6.45) is 0. The Morgan fingerprint density at radius 1 is 1.19 bits per heavy atom. The Kier molecular flexibility index (Phi) is 5.80. The van der Waals surface area contributed by atoms with Crippen LogP contribution in [0, 0.1) is 13.8 Å². The normalized spacial score (nSPS) is 15.2. The first-order chi connectivity index (χ1) is 15.4. The number of aromatic amines is 1. The number of aliphatic hydroxyl groups excluding tert-OH is 1. The van der Waals surface area contributed by atoms with Crippen molar-refractivity contribution in [3.05, 3.63) is 58.3 Å². The number of H-pyrrole nitrogens is 1. The largest absolute Gasteiger partial charge is 0.507 e. The summed E-state index contributed by atoms with van der Waals surface area (Å²) >= 11 is 0. The summed E-state index contributed by atoms with van der Waals surface area (Å²) in [5.74, 6) is 1.01. The number of aromatic hydroxyl groups is 1. The second-order valence-electron chi connectivity index (χ2n) is 7.80. The average molecular weight is 437 g/mol. The fraction of sp³-hybridized carbons (Fsp3) is 0.333. The Balaban J connectivity index is 1.92. The first kappa shape index (κ1) is 21.7. The van der Waals surface area contributed by atoms with Gasteiger partial charge in [-0.15, -0.1) is 0 Å². The van der Waals surface area contributed by atoms with Crippen molar-refractivity contribution in [3.8, 4) is 28.5 Å². The third-order valence-electron chi connectivity index (χ3n) is 5.70. The zero-order valence-corrected chi connectivity index (χ0v) is 18.6. The second kappa shape index (κ2) is 8.55. The van der Waals surface area contributed by atoms with Gasteiger partial charge in [0, 0.05) is 17.7 Å². The molecule has 0 spiro atoms. The molecule has 1 atom stereocenters. The molecule has 8 nitrogen and oxygen atoms in total. The summed E-state index contributed by atoms with van der Waals surface area (Å²) in [5, 5.41) is 27.6. The molecule has 3 N–H and O–H groups in total. The standard InChI is InChI=1S/C24H27N3O5/c1-5-32-17-7-6-15(12-18(17)31-4)23-20-21(19-14(3)10-13(2)11-16(19)29)25-26-22(20)24(30)27(23)8-9-28/h6-7,10-12,23,28-29H,5,8-9H2,1-4H3,(H,25,26). The van der Waals surface area contributed by atoms with Gasteiger partial charge in [-0.2, -0.15) is 5.10 Å². The number of amides is 1. The van der Waals surface area contributed by atoms with E-state index in [4.69, 9.17) is 9.47 Å². The highest BCUT2D eigenvalue weighted by molar-refractivity contribution is 6.00. The van der Waals surface area contributed by atoms with Crippen molar-refractivity contribution in [1.29, 1.82) is 0 Å². The maximum atomic E-state index is 13.2. The molecule has 1 amide bonds. The van der Waals surface area contributed by atoms with Crippen molar-refractivity contribution in [3.63, 3.8) is 0 Å². The van der Waals surface area contributed by atoms with Gasteiger partial charge in [-0.1, -0.05) is 12.1 Å². The van der Waals surface area contributed by atoms with Crippen LogP contribution < -0.4 is 9.47 Å². The number of hydrogen-bond donors (Lipinski definition) is 3. The van der Waals surface area contributed by atoms with Gasteiger partial charge < -0.3 is 24.6 Å². The van der Waals surface area contributed by atoms with Crippen molar-refractivity contribution in [2.45, 2.75) is 26.8 Å². The number of aliphatic hydroxyl groups is 1. The van der Waals surface area contributed by atoms with Crippen molar-refractivity contribution in [2.24, 2.45) is 0 Å². The Morgan fingerprint density at radius 2 is 1.97 bits per heavy atom. The van der Waals surface area contributed by atoms with Crippen LogP contribution in [0.5, 0.6) is 17.2 Å². The minimum Gasteiger partial charge on any atom is -0.507 e. The molecule has 0 bridgehead atoms. The Morgan fingerprint density at radius 3 is 2.62 bits per heavy atom. The van der Waals surface area contributed by atoms with Gasteiger partial charge in [0.1, 0.15) is 17.1 Å². The highest BCUT2D eigenvalue weighted by atomic mass is 16.5. The lowest BCUT2D eigenvalue weighted by molar-refractivity contribution is 0.0706. The predicted octanol–water partition coefficient (Wildman–Crippen LogP) is 3.34. The number of methoxy groups -OCH3 is 1. The molecule has 8 heteroatoms. The molecule has 0 saturated carbocycles. The molecule has 0 radical (unpaired) electrons. The molecule has 0 saturated heterocycles. The molecule has 1 aromatic heterocycles. The number of nitrogens with zero attached hydrogens (tertiary/aromatic N) is 2. The van der Waals surface area contributed by atoms with E-state index in [2.05, 4.69) is 10.2 Å². The van der Waals surface area contributed by atoms with E-state index in [0.717, 1.165) is 16.7 Å². The maximum absolute atomic E-state index is 13.2. The van der Waals surface area contributed by atoms with Crippen LogP contribution in [-0.4, -0.2) is 58.1 Å². The van der Waals surface area contributed by atoms with Crippen molar-refractivity contribution in [1.82, 2.24) is 15.1 Å². The van der Waals surface area contributed by atoms with E-state index >= 15 is 0 Å². The molecule has 2 aromatic carbocycles. The average Bonchev–Trinajstić information content (AvgIpc) is 3.28. The fourth-order valence-electron chi connectivity index (χ4n) is 4.45. The molecule has 0 aliphatic carbocycles. The van der Waals surface area contributed by atoms with E-state index in [1.165, 1.54) is 0 Å². The summed E-state index contributed by atoms with van der Waals surface area (Å²) in [5.41, 5.74) is 4.69. The molecule has 1 aliphatic heterocycles. The zero-order valence-electron chi connectivity index (χ0n) is 18.6. The molecule has 4 rings (SSSR count). The second-order valence-corrected chi connectivity index (χ2v) is 7.80. The van der Waals surface area contributed by atoms with Gasteiger partial charge in [-0.3, -0.25) is 9.89 Å². The number of phenols is 1. The summed E-state index contributed by atoms with van der Waals surface area (Å²) in [4.78, 5) is 14.8. The van der Waals surface area contributed by atoms with Gasteiger partial charge >= 0.3 is 0 Å². The molecule has 1 unspecified atom stereocenters. The molecule has 1 aliphatic rings. The van der Waals surface area contributed by atoms with Crippen LogP contribution in [0.1, 0.15) is 45.7 Å². The molecule has 0 fully saturated rings. The topological polar surface area (TPSA) is 108 Å². The maximum Gasteiger partial charge on any atom is 0.273 e. The van der Waals surface area contributed by atoms with Crippen LogP contribution in [0.25, 0.3) is 11.3 Å². The van der Waals surface area contributed by atoms with Gasteiger partial charge in [-0.05, 0) is 55.7 Å². The smallest absolute Gasteiger partial charge is 0.273 e. The number of β-amino-alcohol motifs (C(OH)–C–C–N with tert-alkyl or cyclic N) is 1. The number of ether oxygens (including phenoxy) is 2. The molecule has 32 heavy (non-hydrogen) atoms. The number of nitrogens with one attached hydrogen (secondary N) is 1. The van der Waals surface area contributed by atoms with Crippen LogP contribution in [0.4, 0.5) is 0 Å². The first-order valence-electron chi connectivity index (χ1n) is 10.5.